The smallest absolute Gasteiger partial charge is 0.0361 e. The summed E-state index contributed by atoms with van der Waals surface area (Å²) in [5.74, 6) is 0. The van der Waals surface area contributed by atoms with E-state index in [1.54, 1.807) is 0 Å². The maximum atomic E-state index is 2.37. The summed E-state index contributed by atoms with van der Waals surface area (Å²) < 4.78 is 2.68. The van der Waals surface area contributed by atoms with Crippen LogP contribution in [0.25, 0.3) is 85.9 Å². The molecule has 0 nitrogen and oxygen atoms in total. The zero-order valence-electron chi connectivity index (χ0n) is 23.4. The van der Waals surface area contributed by atoms with E-state index in [0.29, 0.717) is 0 Å². The van der Waals surface area contributed by atoms with Crippen molar-refractivity contribution in [3.05, 3.63) is 158 Å². The van der Waals surface area contributed by atoms with E-state index in [4.69, 9.17) is 0 Å². The van der Waals surface area contributed by atoms with Crippen LogP contribution in [-0.4, -0.2) is 0 Å². The summed E-state index contributed by atoms with van der Waals surface area (Å²) in [4.78, 5) is 0. The van der Waals surface area contributed by atoms with Crippen LogP contribution in [0.5, 0.6) is 0 Å². The molecular weight excluding hydrogens is 537 g/mol. The van der Waals surface area contributed by atoms with E-state index in [9.17, 15) is 0 Å². The number of rotatable bonds is 3. The van der Waals surface area contributed by atoms with Gasteiger partial charge in [0, 0.05) is 20.2 Å². The van der Waals surface area contributed by atoms with Crippen molar-refractivity contribution in [2.45, 2.75) is 0 Å². The quantitative estimate of drug-likeness (QED) is 0.188. The molecule has 1 heterocycles. The molecule has 0 aliphatic rings. The molecule has 200 valence electrons. The molecule has 1 aromatic heterocycles. The molecule has 43 heavy (non-hydrogen) atoms. The Morgan fingerprint density at radius 2 is 0.767 bits per heavy atom. The van der Waals surface area contributed by atoms with Crippen molar-refractivity contribution in [1.82, 2.24) is 0 Å². The molecule has 0 spiro atoms. The summed E-state index contributed by atoms with van der Waals surface area (Å²) in [6.07, 6.45) is 0. The minimum atomic E-state index is 1.23. The van der Waals surface area contributed by atoms with Gasteiger partial charge >= 0.3 is 0 Å². The van der Waals surface area contributed by atoms with E-state index in [-0.39, 0.29) is 0 Å². The Kier molecular flexibility index (Phi) is 5.47. The van der Waals surface area contributed by atoms with Crippen molar-refractivity contribution in [1.29, 1.82) is 0 Å². The van der Waals surface area contributed by atoms with E-state index in [1.807, 2.05) is 11.3 Å². The van der Waals surface area contributed by atoms with E-state index in [2.05, 4.69) is 158 Å². The number of benzene rings is 8. The van der Waals surface area contributed by atoms with Crippen LogP contribution in [0.15, 0.2) is 158 Å². The van der Waals surface area contributed by atoms with Crippen molar-refractivity contribution >= 4 is 63.8 Å². The highest BCUT2D eigenvalue weighted by Gasteiger charge is 2.12. The summed E-state index contributed by atoms with van der Waals surface area (Å²) in [6.45, 7) is 0. The fourth-order valence-electron chi connectivity index (χ4n) is 6.82. The van der Waals surface area contributed by atoms with E-state index < -0.39 is 0 Å². The first kappa shape index (κ1) is 24.4. The molecule has 0 amide bonds. The molecule has 0 aliphatic carbocycles. The van der Waals surface area contributed by atoms with Gasteiger partial charge in [-0.05, 0) is 90.0 Å². The topological polar surface area (TPSA) is 0 Å². The summed E-state index contributed by atoms with van der Waals surface area (Å²) in [7, 11) is 0. The molecule has 0 unspecified atom stereocenters. The van der Waals surface area contributed by atoms with Crippen LogP contribution in [-0.2, 0) is 0 Å². The van der Waals surface area contributed by atoms with Gasteiger partial charge in [-0.3, -0.25) is 0 Å². The summed E-state index contributed by atoms with van der Waals surface area (Å²) in [5, 5.41) is 10.5. The largest absolute Gasteiger partial charge is 0.135 e. The molecule has 0 bridgehead atoms. The lowest BCUT2D eigenvalue weighted by Crippen LogP contribution is -1.86. The van der Waals surface area contributed by atoms with Crippen LogP contribution in [0.4, 0.5) is 0 Å². The second-order valence-corrected chi connectivity index (χ2v) is 12.4. The molecule has 8 aromatic carbocycles. The minimum absolute atomic E-state index is 1.23. The second-order valence-electron chi connectivity index (χ2n) is 11.3. The molecule has 0 fully saturated rings. The Labute approximate surface area is 254 Å². The molecule has 9 aromatic rings. The van der Waals surface area contributed by atoms with Gasteiger partial charge in [-0.25, -0.2) is 0 Å². The van der Waals surface area contributed by atoms with Crippen molar-refractivity contribution in [3.63, 3.8) is 0 Å². The zero-order valence-corrected chi connectivity index (χ0v) is 24.2. The lowest BCUT2D eigenvalue weighted by Gasteiger charge is -2.13. The molecule has 0 aliphatic heterocycles. The second kappa shape index (κ2) is 9.66. The molecule has 0 atom stereocenters. The van der Waals surface area contributed by atoms with Gasteiger partial charge in [0.25, 0.3) is 0 Å². The number of hydrogen-bond acceptors (Lipinski definition) is 1. The number of thiophene rings is 1. The fraction of sp³-hybridized carbons (Fsp3) is 0. The highest BCUT2D eigenvalue weighted by atomic mass is 32.1. The maximum Gasteiger partial charge on any atom is 0.0361 e. The third kappa shape index (κ3) is 3.90. The average Bonchev–Trinajstić information content (AvgIpc) is 3.47. The lowest BCUT2D eigenvalue weighted by atomic mass is 9.91. The Hall–Kier alpha value is -5.24. The number of hydrogen-bond donors (Lipinski definition) is 0. The van der Waals surface area contributed by atoms with Crippen molar-refractivity contribution in [2.75, 3.05) is 0 Å². The molecular formula is C42H26S. The van der Waals surface area contributed by atoms with Crippen LogP contribution in [0.2, 0.25) is 0 Å². The van der Waals surface area contributed by atoms with Crippen LogP contribution in [0.3, 0.4) is 0 Å². The average molecular weight is 563 g/mol. The van der Waals surface area contributed by atoms with E-state index in [0.717, 1.165) is 0 Å². The van der Waals surface area contributed by atoms with Gasteiger partial charge in [-0.15, -0.1) is 11.3 Å². The highest BCUT2D eigenvalue weighted by Crippen LogP contribution is 2.41. The minimum Gasteiger partial charge on any atom is -0.135 e. The van der Waals surface area contributed by atoms with Crippen LogP contribution >= 0.6 is 11.3 Å². The summed E-state index contributed by atoms with van der Waals surface area (Å²) in [5.41, 5.74) is 7.48. The molecule has 0 N–H and O–H groups in total. The molecule has 0 saturated heterocycles. The summed E-state index contributed by atoms with van der Waals surface area (Å²) >= 11 is 1.87. The summed E-state index contributed by atoms with van der Waals surface area (Å²) in [6, 6.07) is 57.9. The predicted molar refractivity (Wildman–Crippen MR) is 188 cm³/mol. The standard InChI is InChI=1S/C42H26S/c1-2-13-35-33(11-1)34-12-3-4-14-36(34)39-26-31(23-24-37(35)39)30-10-7-9-29(25-30)27-19-21-28(22-20-27)32-16-8-18-41-42(32)38-15-5-6-17-40(38)43-41/h1-26H. The van der Waals surface area contributed by atoms with Gasteiger partial charge in [-0.2, -0.15) is 0 Å². The normalized spacial score (nSPS) is 11.7. The fourth-order valence-corrected chi connectivity index (χ4v) is 7.96. The highest BCUT2D eigenvalue weighted by molar-refractivity contribution is 7.25. The Bertz CT molecular complexity index is 2460. The SMILES string of the molecule is c1cc(-c2ccc(-c3cccc4sc5ccccc5c34)cc2)cc(-c2ccc3c4ccccc4c4ccccc4c3c2)c1. The van der Waals surface area contributed by atoms with Gasteiger partial charge in [0.05, 0.1) is 0 Å². The first-order valence-electron chi connectivity index (χ1n) is 14.8. The van der Waals surface area contributed by atoms with E-state index >= 15 is 0 Å². The Balaban J connectivity index is 1.13. The monoisotopic (exact) mass is 562 g/mol. The zero-order chi connectivity index (χ0) is 28.3. The van der Waals surface area contributed by atoms with Gasteiger partial charge in [0.15, 0.2) is 0 Å². The van der Waals surface area contributed by atoms with E-state index in [1.165, 1.54) is 85.9 Å². The first-order chi connectivity index (χ1) is 21.3. The predicted octanol–water partition coefficient (Wildman–Crippen LogP) is 12.5. The van der Waals surface area contributed by atoms with Crippen LogP contribution < -0.4 is 0 Å². The van der Waals surface area contributed by atoms with Crippen molar-refractivity contribution in [2.24, 2.45) is 0 Å². The van der Waals surface area contributed by atoms with Gasteiger partial charge < -0.3 is 0 Å². The molecule has 9 rings (SSSR count). The maximum absolute atomic E-state index is 2.37. The molecule has 0 radical (unpaired) electrons. The van der Waals surface area contributed by atoms with Gasteiger partial charge in [-0.1, -0.05) is 133 Å². The molecule has 0 saturated carbocycles. The first-order valence-corrected chi connectivity index (χ1v) is 15.6. The molecule has 1 heteroatoms. The van der Waals surface area contributed by atoms with Gasteiger partial charge in [0.1, 0.15) is 0 Å². The van der Waals surface area contributed by atoms with Crippen LogP contribution in [0, 0.1) is 0 Å². The van der Waals surface area contributed by atoms with Crippen molar-refractivity contribution < 1.29 is 0 Å². The van der Waals surface area contributed by atoms with Gasteiger partial charge in [0.2, 0.25) is 0 Å². The lowest BCUT2D eigenvalue weighted by molar-refractivity contribution is 1.59. The Morgan fingerprint density at radius 1 is 0.279 bits per heavy atom. The third-order valence-electron chi connectivity index (χ3n) is 8.87. The van der Waals surface area contributed by atoms with Crippen LogP contribution in [0.1, 0.15) is 0 Å². The number of fused-ring (bicyclic) bond motifs is 9. The Morgan fingerprint density at radius 3 is 1.49 bits per heavy atom. The third-order valence-corrected chi connectivity index (χ3v) is 10.0. The van der Waals surface area contributed by atoms with Crippen molar-refractivity contribution in [3.8, 4) is 33.4 Å².